The minimum Gasteiger partial charge on any atom is -0.632 e. The zero-order valence-electron chi connectivity index (χ0n) is 9.34. The van der Waals surface area contributed by atoms with Crippen molar-refractivity contribution in [3.05, 3.63) is 5.21 Å². The van der Waals surface area contributed by atoms with Gasteiger partial charge >= 0.3 is 0 Å². The van der Waals surface area contributed by atoms with Crippen molar-refractivity contribution in [2.45, 2.75) is 39.2 Å². The van der Waals surface area contributed by atoms with Gasteiger partial charge in [-0.1, -0.05) is 13.8 Å². The van der Waals surface area contributed by atoms with Gasteiger partial charge in [-0.3, -0.25) is 4.90 Å². The van der Waals surface area contributed by atoms with Crippen LogP contribution in [0.5, 0.6) is 0 Å². The molecule has 1 saturated heterocycles. The fraction of sp³-hybridized carbons (Fsp3) is 1.00. The van der Waals surface area contributed by atoms with Crippen molar-refractivity contribution in [3.8, 4) is 0 Å². The van der Waals surface area contributed by atoms with E-state index < -0.39 is 0 Å². The highest BCUT2D eigenvalue weighted by atomic mass is 16.6. The molecule has 0 spiro atoms. The van der Waals surface area contributed by atoms with Crippen molar-refractivity contribution >= 4 is 0 Å². The zero-order valence-corrected chi connectivity index (χ0v) is 9.34. The van der Waals surface area contributed by atoms with Gasteiger partial charge in [-0.25, -0.2) is 0 Å². The largest absolute Gasteiger partial charge is 0.632 e. The number of quaternary nitrogens is 1. The summed E-state index contributed by atoms with van der Waals surface area (Å²) >= 11 is 0. The lowest BCUT2D eigenvalue weighted by Crippen LogP contribution is -2.52. The maximum absolute atomic E-state index is 12.2. The molecule has 0 amide bonds. The molecule has 0 saturated carbocycles. The van der Waals surface area contributed by atoms with Crippen LogP contribution < -0.4 is 0 Å². The monoisotopic (exact) mass is 186 g/mol. The van der Waals surface area contributed by atoms with E-state index in [-0.39, 0.29) is 10.2 Å². The third-order valence-corrected chi connectivity index (χ3v) is 3.48. The van der Waals surface area contributed by atoms with Gasteiger partial charge in [0.25, 0.3) is 0 Å². The summed E-state index contributed by atoms with van der Waals surface area (Å²) in [6, 6.07) is 0. The molecule has 0 aromatic heterocycles. The Morgan fingerprint density at radius 2 is 2.08 bits per heavy atom. The van der Waals surface area contributed by atoms with Crippen molar-refractivity contribution in [2.75, 3.05) is 26.8 Å². The molecule has 0 radical (unpaired) electrons. The molecule has 1 fully saturated rings. The average molecular weight is 186 g/mol. The number of rotatable bonds is 3. The van der Waals surface area contributed by atoms with Crippen molar-refractivity contribution < 1.29 is 4.65 Å². The standard InChI is InChI=1S/C10H22N2O/c1-5-7-11-8-10(3,6-2)12(4,13)9-11/h5-9H2,1-4H3. The molecular formula is C10H22N2O. The molecule has 1 aliphatic rings. The lowest BCUT2D eigenvalue weighted by Gasteiger charge is -2.46. The van der Waals surface area contributed by atoms with E-state index >= 15 is 0 Å². The molecule has 0 bridgehead atoms. The fourth-order valence-corrected chi connectivity index (χ4v) is 2.15. The SMILES string of the molecule is CCCN1CC(C)(CC)[N+](C)([O-])C1. The van der Waals surface area contributed by atoms with Gasteiger partial charge in [0.1, 0.15) is 12.2 Å². The zero-order chi connectivity index (χ0) is 10.1. The molecule has 0 aliphatic carbocycles. The second-order valence-electron chi connectivity index (χ2n) is 4.65. The minimum atomic E-state index is -0.0938. The Labute approximate surface area is 81.5 Å². The Balaban J connectivity index is 2.68. The van der Waals surface area contributed by atoms with Gasteiger partial charge in [-0.15, -0.1) is 0 Å². The van der Waals surface area contributed by atoms with E-state index in [4.69, 9.17) is 0 Å². The summed E-state index contributed by atoms with van der Waals surface area (Å²) in [5.41, 5.74) is -0.0881. The number of likely N-dealkylation sites (N-methyl/N-ethyl adjacent to an activating group) is 1. The summed E-state index contributed by atoms with van der Waals surface area (Å²) in [4.78, 5) is 2.29. The molecule has 78 valence electrons. The predicted molar refractivity (Wildman–Crippen MR) is 55.0 cm³/mol. The first-order valence-electron chi connectivity index (χ1n) is 5.24. The smallest absolute Gasteiger partial charge is 0.135 e. The second kappa shape index (κ2) is 3.56. The van der Waals surface area contributed by atoms with Crippen LogP contribution >= 0.6 is 0 Å². The maximum Gasteiger partial charge on any atom is 0.135 e. The molecular weight excluding hydrogens is 164 g/mol. The van der Waals surface area contributed by atoms with E-state index in [0.717, 1.165) is 25.9 Å². The van der Waals surface area contributed by atoms with Crippen molar-refractivity contribution in [1.82, 2.24) is 4.90 Å². The molecule has 0 N–H and O–H groups in total. The summed E-state index contributed by atoms with van der Waals surface area (Å²) in [7, 11) is 1.80. The van der Waals surface area contributed by atoms with Crippen molar-refractivity contribution in [2.24, 2.45) is 0 Å². The van der Waals surface area contributed by atoms with Crippen LogP contribution in [0.1, 0.15) is 33.6 Å². The van der Waals surface area contributed by atoms with Crippen LogP contribution in [-0.2, 0) is 0 Å². The molecule has 2 atom stereocenters. The van der Waals surface area contributed by atoms with E-state index in [1.165, 1.54) is 0 Å². The highest BCUT2D eigenvalue weighted by molar-refractivity contribution is 4.84. The van der Waals surface area contributed by atoms with Gasteiger partial charge in [-0.05, 0) is 13.3 Å². The first kappa shape index (κ1) is 11.0. The number of hydrogen-bond donors (Lipinski definition) is 0. The van der Waals surface area contributed by atoms with Crippen LogP contribution in [0.4, 0.5) is 0 Å². The van der Waals surface area contributed by atoms with Crippen LogP contribution in [0.3, 0.4) is 0 Å². The molecule has 1 aliphatic heterocycles. The Morgan fingerprint density at radius 3 is 2.46 bits per heavy atom. The molecule has 0 aromatic rings. The number of nitrogens with zero attached hydrogens (tertiary/aromatic N) is 2. The van der Waals surface area contributed by atoms with Gasteiger partial charge in [0, 0.05) is 13.0 Å². The molecule has 2 unspecified atom stereocenters. The average Bonchev–Trinajstić information content (AvgIpc) is 2.24. The van der Waals surface area contributed by atoms with E-state index in [1.54, 1.807) is 7.05 Å². The molecule has 13 heavy (non-hydrogen) atoms. The van der Waals surface area contributed by atoms with Crippen LogP contribution in [0.15, 0.2) is 0 Å². The Bertz CT molecular complexity index is 182. The summed E-state index contributed by atoms with van der Waals surface area (Å²) < 4.78 is -0.0938. The second-order valence-corrected chi connectivity index (χ2v) is 4.65. The van der Waals surface area contributed by atoms with Gasteiger partial charge in [0.15, 0.2) is 0 Å². The molecule has 0 aromatic carbocycles. The molecule has 3 heteroatoms. The highest BCUT2D eigenvalue weighted by Crippen LogP contribution is 2.32. The topological polar surface area (TPSA) is 26.3 Å². The molecule has 1 rings (SSSR count). The Kier molecular flexibility index (Phi) is 3.00. The highest BCUT2D eigenvalue weighted by Gasteiger charge is 2.45. The van der Waals surface area contributed by atoms with Gasteiger partial charge in [0.05, 0.1) is 13.6 Å². The summed E-state index contributed by atoms with van der Waals surface area (Å²) in [6.07, 6.45) is 2.10. The fourth-order valence-electron chi connectivity index (χ4n) is 2.15. The van der Waals surface area contributed by atoms with Crippen molar-refractivity contribution in [1.29, 1.82) is 0 Å². The summed E-state index contributed by atoms with van der Waals surface area (Å²) in [5, 5.41) is 12.2. The van der Waals surface area contributed by atoms with Crippen LogP contribution in [0.2, 0.25) is 0 Å². The maximum atomic E-state index is 12.2. The number of hydroxylamine groups is 3. The van der Waals surface area contributed by atoms with Crippen LogP contribution in [0.25, 0.3) is 0 Å². The third-order valence-electron chi connectivity index (χ3n) is 3.48. The first-order valence-corrected chi connectivity index (χ1v) is 5.24. The first-order chi connectivity index (χ1) is 5.95. The van der Waals surface area contributed by atoms with Gasteiger partial charge in [-0.2, -0.15) is 0 Å². The van der Waals surface area contributed by atoms with Crippen LogP contribution in [0, 0.1) is 5.21 Å². The van der Waals surface area contributed by atoms with E-state index in [2.05, 4.69) is 25.7 Å². The van der Waals surface area contributed by atoms with Gasteiger partial charge < -0.3 is 9.85 Å². The summed E-state index contributed by atoms with van der Waals surface area (Å²) in [5.74, 6) is 0. The van der Waals surface area contributed by atoms with E-state index in [0.29, 0.717) is 6.67 Å². The Hall–Kier alpha value is -0.120. The lowest BCUT2D eigenvalue weighted by molar-refractivity contribution is -0.901. The quantitative estimate of drug-likeness (QED) is 0.496. The van der Waals surface area contributed by atoms with E-state index in [1.807, 2.05) is 0 Å². The van der Waals surface area contributed by atoms with E-state index in [9.17, 15) is 5.21 Å². The van der Waals surface area contributed by atoms with Crippen LogP contribution in [-0.4, -0.2) is 41.9 Å². The summed E-state index contributed by atoms with van der Waals surface area (Å²) in [6.45, 7) is 9.07. The molecule has 1 heterocycles. The predicted octanol–water partition coefficient (Wildman–Crippen LogP) is 1.78. The Morgan fingerprint density at radius 1 is 1.46 bits per heavy atom. The number of hydrogen-bond acceptors (Lipinski definition) is 2. The molecule has 3 nitrogen and oxygen atoms in total. The normalized spacial score (nSPS) is 41.3. The van der Waals surface area contributed by atoms with Gasteiger partial charge in [0.2, 0.25) is 0 Å². The minimum absolute atomic E-state index is 0.0881. The van der Waals surface area contributed by atoms with Crippen molar-refractivity contribution in [3.63, 3.8) is 0 Å². The third kappa shape index (κ3) is 1.87. The lowest BCUT2D eigenvalue weighted by atomic mass is 9.98.